The van der Waals surface area contributed by atoms with Gasteiger partial charge in [0.25, 0.3) is 0 Å². The summed E-state index contributed by atoms with van der Waals surface area (Å²) in [5, 5.41) is 0. The number of hydrogen-bond acceptors (Lipinski definition) is 3. The van der Waals surface area contributed by atoms with Gasteiger partial charge in [-0.15, -0.1) is 0 Å². The fourth-order valence-electron chi connectivity index (χ4n) is 2.55. The van der Waals surface area contributed by atoms with Gasteiger partial charge in [0.1, 0.15) is 0 Å². The Morgan fingerprint density at radius 1 is 1.44 bits per heavy atom. The summed E-state index contributed by atoms with van der Waals surface area (Å²) in [5.41, 5.74) is 7.90. The lowest BCUT2D eigenvalue weighted by Crippen LogP contribution is -2.42. The number of rotatable bonds is 2. The maximum Gasteiger partial charge on any atom is 0.224 e. The molecule has 0 saturated heterocycles. The minimum absolute atomic E-state index is 0.148. The molecule has 1 heterocycles. The molecule has 0 fully saturated rings. The molecule has 0 spiro atoms. The first kappa shape index (κ1) is 12.9. The van der Waals surface area contributed by atoms with Gasteiger partial charge in [0.15, 0.2) is 0 Å². The Balaban J connectivity index is 2.28. The zero-order valence-electron chi connectivity index (χ0n) is 11.1. The van der Waals surface area contributed by atoms with Gasteiger partial charge in [-0.1, -0.05) is 18.2 Å². The lowest BCUT2D eigenvalue weighted by atomic mass is 10.1. The number of para-hydroxylation sites is 1. The molecule has 1 amide bonds. The van der Waals surface area contributed by atoms with Crippen molar-refractivity contribution in [3.05, 3.63) is 29.8 Å². The van der Waals surface area contributed by atoms with Crippen LogP contribution in [0.4, 0.5) is 5.69 Å². The Morgan fingerprint density at radius 3 is 2.89 bits per heavy atom. The number of anilines is 1. The average molecular weight is 247 g/mol. The molecule has 0 aromatic heterocycles. The molecule has 18 heavy (non-hydrogen) atoms. The molecule has 1 aromatic rings. The van der Waals surface area contributed by atoms with Gasteiger partial charge in [-0.25, -0.2) is 0 Å². The fourth-order valence-corrected chi connectivity index (χ4v) is 2.55. The number of carbonyl (C=O) groups is 1. The maximum atomic E-state index is 12.1. The largest absolute Gasteiger partial charge is 0.372 e. The van der Waals surface area contributed by atoms with E-state index in [1.165, 1.54) is 11.3 Å². The average Bonchev–Trinajstić information content (AvgIpc) is 2.47. The predicted molar refractivity (Wildman–Crippen MR) is 73.4 cm³/mol. The predicted octanol–water partition coefficient (Wildman–Crippen LogP) is 1.20. The molecule has 0 radical (unpaired) electrons. The summed E-state index contributed by atoms with van der Waals surface area (Å²) in [6.45, 7) is 4.05. The van der Waals surface area contributed by atoms with Crippen LogP contribution in [0.25, 0.3) is 0 Å². The van der Waals surface area contributed by atoms with Crippen molar-refractivity contribution in [1.82, 2.24) is 4.90 Å². The van der Waals surface area contributed by atoms with Crippen LogP contribution in [0.2, 0.25) is 0 Å². The van der Waals surface area contributed by atoms with E-state index in [1.807, 2.05) is 17.0 Å². The molecular weight excluding hydrogens is 226 g/mol. The molecule has 1 aliphatic heterocycles. The molecule has 1 atom stereocenters. The van der Waals surface area contributed by atoms with E-state index in [9.17, 15) is 4.79 Å². The molecule has 1 unspecified atom stereocenters. The Morgan fingerprint density at radius 2 is 2.17 bits per heavy atom. The van der Waals surface area contributed by atoms with E-state index in [1.54, 1.807) is 0 Å². The number of likely N-dealkylation sites (N-methyl/N-ethyl adjacent to an activating group) is 1. The minimum Gasteiger partial charge on any atom is -0.372 e. The molecule has 98 valence electrons. The molecule has 4 heteroatoms. The van der Waals surface area contributed by atoms with Gasteiger partial charge in [0, 0.05) is 44.8 Å². The molecule has 4 nitrogen and oxygen atoms in total. The normalized spacial score (nSPS) is 19.4. The minimum atomic E-state index is 0.148. The van der Waals surface area contributed by atoms with Crippen molar-refractivity contribution in [1.29, 1.82) is 0 Å². The highest BCUT2D eigenvalue weighted by atomic mass is 16.2. The summed E-state index contributed by atoms with van der Waals surface area (Å²) in [7, 11) is 2.08. The monoisotopic (exact) mass is 247 g/mol. The Bertz CT molecular complexity index is 433. The van der Waals surface area contributed by atoms with Crippen molar-refractivity contribution < 1.29 is 4.79 Å². The summed E-state index contributed by atoms with van der Waals surface area (Å²) < 4.78 is 0. The van der Waals surface area contributed by atoms with Crippen molar-refractivity contribution in [3.8, 4) is 0 Å². The molecule has 1 aliphatic rings. The number of nitrogens with zero attached hydrogens (tertiary/aromatic N) is 2. The van der Waals surface area contributed by atoms with Crippen molar-refractivity contribution in [3.63, 3.8) is 0 Å². The Hall–Kier alpha value is -1.55. The van der Waals surface area contributed by atoms with Crippen LogP contribution in [0.3, 0.4) is 0 Å². The summed E-state index contributed by atoms with van der Waals surface area (Å²) >= 11 is 0. The van der Waals surface area contributed by atoms with Gasteiger partial charge in [0.2, 0.25) is 5.91 Å². The van der Waals surface area contributed by atoms with Crippen molar-refractivity contribution in [2.45, 2.75) is 25.9 Å². The van der Waals surface area contributed by atoms with Crippen LogP contribution < -0.4 is 10.6 Å². The number of hydrogen-bond donors (Lipinski definition) is 1. The summed E-state index contributed by atoms with van der Waals surface area (Å²) in [4.78, 5) is 16.3. The Labute approximate surface area is 108 Å². The molecule has 2 rings (SSSR count). The molecule has 0 saturated carbocycles. The topological polar surface area (TPSA) is 49.6 Å². The van der Waals surface area contributed by atoms with Crippen LogP contribution in [-0.4, -0.2) is 37.0 Å². The lowest BCUT2D eigenvalue weighted by Gasteiger charge is -2.28. The highest BCUT2D eigenvalue weighted by Crippen LogP contribution is 2.26. The number of carbonyl (C=O) groups excluding carboxylic acids is 1. The standard InChI is InChI=1S/C14H21N3O/c1-11-9-16(2)13-6-4-3-5-12(13)10-17(11)14(18)7-8-15/h3-6,11H,7-10,15H2,1-2H3. The number of fused-ring (bicyclic) bond motifs is 1. The first-order valence-electron chi connectivity index (χ1n) is 6.42. The highest BCUT2D eigenvalue weighted by molar-refractivity contribution is 5.77. The Kier molecular flexibility index (Phi) is 3.87. The van der Waals surface area contributed by atoms with E-state index in [0.29, 0.717) is 19.5 Å². The third-order valence-corrected chi connectivity index (χ3v) is 3.49. The lowest BCUT2D eigenvalue weighted by molar-refractivity contribution is -0.133. The number of benzene rings is 1. The van der Waals surface area contributed by atoms with Crippen LogP contribution in [0.5, 0.6) is 0 Å². The molecule has 0 bridgehead atoms. The van der Waals surface area contributed by atoms with E-state index >= 15 is 0 Å². The van der Waals surface area contributed by atoms with E-state index in [2.05, 4.69) is 31.0 Å². The van der Waals surface area contributed by atoms with Gasteiger partial charge in [-0.3, -0.25) is 4.79 Å². The van der Waals surface area contributed by atoms with E-state index in [-0.39, 0.29) is 11.9 Å². The first-order chi connectivity index (χ1) is 8.63. The van der Waals surface area contributed by atoms with E-state index in [4.69, 9.17) is 5.73 Å². The number of nitrogens with two attached hydrogens (primary N) is 1. The van der Waals surface area contributed by atoms with Crippen molar-refractivity contribution in [2.75, 3.05) is 25.0 Å². The van der Waals surface area contributed by atoms with Gasteiger partial charge in [0.05, 0.1) is 0 Å². The third kappa shape index (κ3) is 2.48. The van der Waals surface area contributed by atoms with Crippen LogP contribution >= 0.6 is 0 Å². The maximum absolute atomic E-state index is 12.1. The third-order valence-electron chi connectivity index (χ3n) is 3.49. The van der Waals surface area contributed by atoms with Gasteiger partial charge in [-0.2, -0.15) is 0 Å². The fraction of sp³-hybridized carbons (Fsp3) is 0.500. The first-order valence-corrected chi connectivity index (χ1v) is 6.42. The smallest absolute Gasteiger partial charge is 0.224 e. The summed E-state index contributed by atoms with van der Waals surface area (Å²) in [6.07, 6.45) is 0.427. The van der Waals surface area contributed by atoms with Crippen LogP contribution in [0, 0.1) is 0 Å². The quantitative estimate of drug-likeness (QED) is 0.854. The second kappa shape index (κ2) is 5.40. The molecule has 2 N–H and O–H groups in total. The molecular formula is C14H21N3O. The zero-order chi connectivity index (χ0) is 13.1. The second-order valence-electron chi connectivity index (χ2n) is 4.92. The van der Waals surface area contributed by atoms with Crippen molar-refractivity contribution >= 4 is 11.6 Å². The summed E-state index contributed by atoms with van der Waals surface area (Å²) in [5.74, 6) is 0.148. The van der Waals surface area contributed by atoms with Gasteiger partial charge < -0.3 is 15.5 Å². The van der Waals surface area contributed by atoms with Crippen LogP contribution in [0.1, 0.15) is 18.9 Å². The van der Waals surface area contributed by atoms with E-state index < -0.39 is 0 Å². The van der Waals surface area contributed by atoms with Gasteiger partial charge in [-0.05, 0) is 18.6 Å². The number of amides is 1. The second-order valence-corrected chi connectivity index (χ2v) is 4.92. The zero-order valence-corrected chi connectivity index (χ0v) is 11.1. The summed E-state index contributed by atoms with van der Waals surface area (Å²) in [6, 6.07) is 8.47. The van der Waals surface area contributed by atoms with Crippen molar-refractivity contribution in [2.24, 2.45) is 5.73 Å². The highest BCUT2D eigenvalue weighted by Gasteiger charge is 2.25. The van der Waals surface area contributed by atoms with Gasteiger partial charge >= 0.3 is 0 Å². The molecule has 1 aromatic carbocycles. The molecule has 0 aliphatic carbocycles. The van der Waals surface area contributed by atoms with E-state index in [0.717, 1.165) is 6.54 Å². The SMILES string of the molecule is CC1CN(C)c2ccccc2CN1C(=O)CCN. The van der Waals surface area contributed by atoms with Crippen LogP contribution in [-0.2, 0) is 11.3 Å². The van der Waals surface area contributed by atoms with Crippen LogP contribution in [0.15, 0.2) is 24.3 Å².